The lowest BCUT2D eigenvalue weighted by atomic mass is 10.1. The molecule has 1 saturated heterocycles. The van der Waals surface area contributed by atoms with Gasteiger partial charge in [0.25, 0.3) is 11.8 Å². The van der Waals surface area contributed by atoms with Gasteiger partial charge in [-0.25, -0.2) is 9.59 Å². The zero-order valence-electron chi connectivity index (χ0n) is 16.5. The first kappa shape index (κ1) is 21.9. The lowest BCUT2D eigenvalue weighted by Gasteiger charge is -2.25. The Morgan fingerprint density at radius 3 is 2.68 bits per heavy atom. The van der Waals surface area contributed by atoms with Crippen molar-refractivity contribution in [3.63, 3.8) is 0 Å². The molecule has 4 amide bonds. The number of hydrogen-bond donors (Lipinski definition) is 1. The summed E-state index contributed by atoms with van der Waals surface area (Å²) in [5.74, 6) is -1.65. The highest BCUT2D eigenvalue weighted by atomic mass is 35.5. The number of ether oxygens (including phenoxy) is 3. The molecule has 1 aromatic heterocycles. The van der Waals surface area contributed by atoms with Crippen LogP contribution < -0.4 is 14.8 Å². The molecule has 1 aliphatic heterocycles. The van der Waals surface area contributed by atoms with Crippen LogP contribution in [0.25, 0.3) is 6.08 Å². The Morgan fingerprint density at radius 1 is 1.26 bits per heavy atom. The smallest absolute Gasteiger partial charge is 0.343 e. The number of nitrogens with one attached hydrogen (secondary N) is 1. The third-order valence-corrected chi connectivity index (χ3v) is 4.49. The molecule has 162 valence electrons. The number of benzene rings is 1. The predicted molar refractivity (Wildman–Crippen MR) is 106 cm³/mol. The fourth-order valence-corrected chi connectivity index (χ4v) is 2.99. The third kappa shape index (κ3) is 4.86. The first-order valence-corrected chi connectivity index (χ1v) is 9.20. The number of furan rings is 1. The van der Waals surface area contributed by atoms with E-state index in [1.807, 2.05) is 0 Å². The molecule has 10 nitrogen and oxygen atoms in total. The van der Waals surface area contributed by atoms with Gasteiger partial charge in [0.1, 0.15) is 11.3 Å². The molecule has 1 fully saturated rings. The molecule has 0 bridgehead atoms. The van der Waals surface area contributed by atoms with E-state index in [4.69, 9.17) is 25.5 Å². The van der Waals surface area contributed by atoms with E-state index < -0.39 is 30.4 Å². The summed E-state index contributed by atoms with van der Waals surface area (Å²) in [6.45, 7) is -0.537. The standard InChI is InChI=1S/C20H17ClN2O8/c1-28-15-8-11(7-14(21)17(15)31-10-16(24)29-2)6-13-18(25)22-20(27)23(19(13)26)9-12-4-3-5-30-12/h3-8H,9-10H2,1-2H3,(H,22,25,27). The molecule has 0 aliphatic carbocycles. The first-order valence-electron chi connectivity index (χ1n) is 8.82. The van der Waals surface area contributed by atoms with Crippen molar-refractivity contribution >= 4 is 41.5 Å². The molecular formula is C20H17ClN2O8. The molecule has 0 saturated carbocycles. The van der Waals surface area contributed by atoms with Crippen LogP contribution in [-0.2, 0) is 25.7 Å². The Labute approximate surface area is 181 Å². The number of rotatable bonds is 7. The summed E-state index contributed by atoms with van der Waals surface area (Å²) < 4.78 is 20.2. The molecule has 2 aromatic rings. The summed E-state index contributed by atoms with van der Waals surface area (Å²) in [5, 5.41) is 2.18. The number of barbiturate groups is 1. The van der Waals surface area contributed by atoms with Crippen molar-refractivity contribution in [3.8, 4) is 11.5 Å². The number of carbonyl (C=O) groups excluding carboxylic acids is 4. The number of nitrogens with zero attached hydrogens (tertiary/aromatic N) is 1. The van der Waals surface area contributed by atoms with Gasteiger partial charge < -0.3 is 18.6 Å². The van der Waals surface area contributed by atoms with Crippen molar-refractivity contribution in [1.29, 1.82) is 0 Å². The van der Waals surface area contributed by atoms with Crippen LogP contribution in [0.5, 0.6) is 11.5 Å². The van der Waals surface area contributed by atoms with E-state index in [0.717, 1.165) is 4.90 Å². The van der Waals surface area contributed by atoms with Crippen LogP contribution in [0.4, 0.5) is 4.79 Å². The van der Waals surface area contributed by atoms with Crippen molar-refractivity contribution in [2.75, 3.05) is 20.8 Å². The van der Waals surface area contributed by atoms with E-state index >= 15 is 0 Å². The zero-order chi connectivity index (χ0) is 22.5. The van der Waals surface area contributed by atoms with Gasteiger partial charge in [0.05, 0.1) is 32.1 Å². The van der Waals surface area contributed by atoms with E-state index in [1.165, 1.54) is 38.7 Å². The average Bonchev–Trinajstić information content (AvgIpc) is 3.26. The number of carbonyl (C=O) groups is 4. The van der Waals surface area contributed by atoms with Crippen LogP contribution in [0.1, 0.15) is 11.3 Å². The molecule has 2 heterocycles. The molecule has 1 N–H and O–H groups in total. The second-order valence-corrected chi connectivity index (χ2v) is 6.59. The monoisotopic (exact) mass is 448 g/mol. The summed E-state index contributed by atoms with van der Waals surface area (Å²) in [6.07, 6.45) is 2.67. The Balaban J connectivity index is 1.90. The van der Waals surface area contributed by atoms with Gasteiger partial charge in [0, 0.05) is 0 Å². The fraction of sp³-hybridized carbons (Fsp3) is 0.200. The van der Waals surface area contributed by atoms with Crippen LogP contribution >= 0.6 is 11.6 Å². The molecule has 3 rings (SSSR count). The number of esters is 1. The SMILES string of the molecule is COC(=O)COc1c(Cl)cc(C=C2C(=O)NC(=O)N(Cc3ccco3)C2=O)cc1OC. The molecule has 1 aromatic carbocycles. The van der Waals surface area contributed by atoms with Crippen LogP contribution in [0.3, 0.4) is 0 Å². The Hall–Kier alpha value is -3.79. The topological polar surface area (TPSA) is 124 Å². The maximum absolute atomic E-state index is 12.8. The zero-order valence-corrected chi connectivity index (χ0v) is 17.2. The Kier molecular flexibility index (Phi) is 6.61. The van der Waals surface area contributed by atoms with Crippen molar-refractivity contribution in [2.45, 2.75) is 6.54 Å². The molecule has 31 heavy (non-hydrogen) atoms. The summed E-state index contributed by atoms with van der Waals surface area (Å²) >= 11 is 6.23. The minimum atomic E-state index is -0.856. The maximum atomic E-state index is 12.8. The summed E-state index contributed by atoms with van der Waals surface area (Å²) in [4.78, 5) is 49.3. The minimum Gasteiger partial charge on any atom is -0.493 e. The van der Waals surface area contributed by atoms with E-state index in [2.05, 4.69) is 10.1 Å². The van der Waals surface area contributed by atoms with Crippen LogP contribution in [0.15, 0.2) is 40.5 Å². The van der Waals surface area contributed by atoms with Gasteiger partial charge in [-0.3, -0.25) is 19.8 Å². The van der Waals surface area contributed by atoms with Gasteiger partial charge in [-0.15, -0.1) is 0 Å². The minimum absolute atomic E-state index is 0.0716. The van der Waals surface area contributed by atoms with Crippen LogP contribution in [0.2, 0.25) is 5.02 Å². The number of hydrogen-bond acceptors (Lipinski definition) is 8. The van der Waals surface area contributed by atoms with Gasteiger partial charge in [0.15, 0.2) is 18.1 Å². The Morgan fingerprint density at radius 2 is 2.03 bits per heavy atom. The predicted octanol–water partition coefficient (Wildman–Crippen LogP) is 2.16. The normalized spacial score (nSPS) is 15.1. The largest absolute Gasteiger partial charge is 0.493 e. The summed E-state index contributed by atoms with van der Waals surface area (Å²) in [6, 6.07) is 5.22. The van der Waals surface area contributed by atoms with Crippen molar-refractivity contribution < 1.29 is 37.8 Å². The van der Waals surface area contributed by atoms with E-state index in [9.17, 15) is 19.2 Å². The highest BCUT2D eigenvalue weighted by Crippen LogP contribution is 2.37. The molecule has 0 unspecified atom stereocenters. The molecule has 1 aliphatic rings. The van der Waals surface area contributed by atoms with Gasteiger partial charge in [-0.05, 0) is 35.9 Å². The van der Waals surface area contributed by atoms with Crippen molar-refractivity contribution in [3.05, 3.63) is 52.4 Å². The second kappa shape index (κ2) is 9.35. The van der Waals surface area contributed by atoms with Crippen LogP contribution in [0, 0.1) is 0 Å². The first-order chi connectivity index (χ1) is 14.8. The maximum Gasteiger partial charge on any atom is 0.343 e. The third-order valence-electron chi connectivity index (χ3n) is 4.20. The second-order valence-electron chi connectivity index (χ2n) is 6.19. The number of amides is 4. The molecular weight excluding hydrogens is 432 g/mol. The van der Waals surface area contributed by atoms with E-state index in [-0.39, 0.29) is 28.6 Å². The number of methoxy groups -OCH3 is 2. The molecule has 0 radical (unpaired) electrons. The molecule has 0 atom stereocenters. The Bertz CT molecular complexity index is 1060. The molecule has 11 heteroatoms. The van der Waals surface area contributed by atoms with Gasteiger partial charge in [0.2, 0.25) is 0 Å². The van der Waals surface area contributed by atoms with Crippen molar-refractivity contribution in [2.24, 2.45) is 0 Å². The fourth-order valence-electron chi connectivity index (χ4n) is 2.72. The number of imide groups is 2. The summed E-state index contributed by atoms with van der Waals surface area (Å²) in [5.41, 5.74) is 0.0468. The highest BCUT2D eigenvalue weighted by molar-refractivity contribution is 6.33. The van der Waals surface area contributed by atoms with Gasteiger partial charge in [-0.1, -0.05) is 11.6 Å². The van der Waals surface area contributed by atoms with Crippen LogP contribution in [-0.4, -0.2) is 49.5 Å². The molecule has 0 spiro atoms. The lowest BCUT2D eigenvalue weighted by molar-refractivity contribution is -0.143. The number of urea groups is 1. The summed E-state index contributed by atoms with van der Waals surface area (Å²) in [7, 11) is 2.57. The van der Waals surface area contributed by atoms with E-state index in [1.54, 1.807) is 12.1 Å². The van der Waals surface area contributed by atoms with E-state index in [0.29, 0.717) is 11.3 Å². The van der Waals surface area contributed by atoms with Gasteiger partial charge in [-0.2, -0.15) is 0 Å². The van der Waals surface area contributed by atoms with Crippen molar-refractivity contribution in [1.82, 2.24) is 10.2 Å². The van der Waals surface area contributed by atoms with Gasteiger partial charge >= 0.3 is 12.0 Å². The average molecular weight is 449 g/mol. The number of halogens is 1. The quantitative estimate of drug-likeness (QED) is 0.388. The lowest BCUT2D eigenvalue weighted by Crippen LogP contribution is -2.53. The highest BCUT2D eigenvalue weighted by Gasteiger charge is 2.36.